The smallest absolute Gasteiger partial charge is 0.335 e. The molecule has 0 saturated heterocycles. The molecule has 1 aliphatic rings. The monoisotopic (exact) mass is 258 g/mol. The van der Waals surface area contributed by atoms with Gasteiger partial charge < -0.3 is 14.6 Å². The number of rotatable bonds is 4. The summed E-state index contributed by atoms with van der Waals surface area (Å²) >= 11 is 0. The van der Waals surface area contributed by atoms with Gasteiger partial charge in [0.05, 0.1) is 12.7 Å². The second-order valence-electron chi connectivity index (χ2n) is 4.17. The van der Waals surface area contributed by atoms with E-state index in [2.05, 4.69) is 0 Å². The number of carbonyl (C=O) groups is 1. The SMILES string of the molecule is COc1cc(C(=O)O)ccc1OC1CC(F)(F)C1. The van der Waals surface area contributed by atoms with Crippen LogP contribution in [0, 0.1) is 0 Å². The van der Waals surface area contributed by atoms with Gasteiger partial charge in [-0.15, -0.1) is 0 Å². The van der Waals surface area contributed by atoms with Crippen LogP contribution in [0.3, 0.4) is 0 Å². The van der Waals surface area contributed by atoms with Crippen molar-refractivity contribution >= 4 is 5.97 Å². The summed E-state index contributed by atoms with van der Waals surface area (Å²) in [6.07, 6.45) is -1.20. The van der Waals surface area contributed by atoms with Crippen LogP contribution in [0.4, 0.5) is 8.78 Å². The van der Waals surface area contributed by atoms with E-state index in [0.717, 1.165) is 0 Å². The fraction of sp³-hybridized carbons (Fsp3) is 0.417. The Labute approximate surface area is 102 Å². The number of hydrogen-bond acceptors (Lipinski definition) is 3. The Morgan fingerprint density at radius 1 is 1.39 bits per heavy atom. The maximum Gasteiger partial charge on any atom is 0.335 e. The average Bonchev–Trinajstić information content (AvgIpc) is 2.26. The third-order valence-electron chi connectivity index (χ3n) is 2.76. The average molecular weight is 258 g/mol. The van der Waals surface area contributed by atoms with Crippen LogP contribution in [0.25, 0.3) is 0 Å². The Balaban J connectivity index is 2.11. The van der Waals surface area contributed by atoms with Crippen molar-refractivity contribution < 1.29 is 28.2 Å². The zero-order chi connectivity index (χ0) is 13.3. The largest absolute Gasteiger partial charge is 0.493 e. The molecule has 1 aromatic carbocycles. The van der Waals surface area contributed by atoms with Crippen LogP contribution in [-0.4, -0.2) is 30.2 Å². The summed E-state index contributed by atoms with van der Waals surface area (Å²) in [4.78, 5) is 10.8. The van der Waals surface area contributed by atoms with Crippen LogP contribution in [0.15, 0.2) is 18.2 Å². The van der Waals surface area contributed by atoms with Gasteiger partial charge in [0.15, 0.2) is 11.5 Å². The molecule has 6 heteroatoms. The van der Waals surface area contributed by atoms with Crippen molar-refractivity contribution in [3.8, 4) is 11.5 Å². The summed E-state index contributed by atoms with van der Waals surface area (Å²) in [5.41, 5.74) is 0.0538. The number of benzene rings is 1. The van der Waals surface area contributed by atoms with Crippen molar-refractivity contribution in [2.45, 2.75) is 24.9 Å². The van der Waals surface area contributed by atoms with Crippen molar-refractivity contribution in [1.82, 2.24) is 0 Å². The highest BCUT2D eigenvalue weighted by molar-refractivity contribution is 5.88. The van der Waals surface area contributed by atoms with Crippen LogP contribution in [0.2, 0.25) is 0 Å². The van der Waals surface area contributed by atoms with Crippen LogP contribution < -0.4 is 9.47 Å². The minimum Gasteiger partial charge on any atom is -0.493 e. The summed E-state index contributed by atoms with van der Waals surface area (Å²) in [7, 11) is 1.36. The number of alkyl halides is 2. The summed E-state index contributed by atoms with van der Waals surface area (Å²) in [6.45, 7) is 0. The van der Waals surface area contributed by atoms with Gasteiger partial charge in [0.2, 0.25) is 0 Å². The predicted octanol–water partition coefficient (Wildman–Crippen LogP) is 2.57. The van der Waals surface area contributed by atoms with Gasteiger partial charge in [-0.25, -0.2) is 13.6 Å². The molecule has 0 bridgehead atoms. The molecule has 0 spiro atoms. The number of ether oxygens (including phenoxy) is 2. The van der Waals surface area contributed by atoms with Crippen LogP contribution >= 0.6 is 0 Å². The molecule has 0 atom stereocenters. The van der Waals surface area contributed by atoms with E-state index in [1.165, 1.54) is 25.3 Å². The molecule has 18 heavy (non-hydrogen) atoms. The molecule has 2 rings (SSSR count). The Morgan fingerprint density at radius 3 is 2.56 bits per heavy atom. The van der Waals surface area contributed by atoms with E-state index in [0.29, 0.717) is 0 Å². The van der Waals surface area contributed by atoms with Gasteiger partial charge in [-0.05, 0) is 18.2 Å². The van der Waals surface area contributed by atoms with Gasteiger partial charge in [-0.3, -0.25) is 0 Å². The number of carboxylic acids is 1. The zero-order valence-corrected chi connectivity index (χ0v) is 9.65. The number of methoxy groups -OCH3 is 1. The molecule has 1 fully saturated rings. The molecule has 1 N–H and O–H groups in total. The van der Waals surface area contributed by atoms with E-state index in [1.54, 1.807) is 0 Å². The lowest BCUT2D eigenvalue weighted by atomic mass is 9.91. The molecule has 1 aliphatic carbocycles. The number of hydrogen-bond donors (Lipinski definition) is 1. The standard InChI is InChI=1S/C12H12F2O4/c1-17-10-4-7(11(15)16)2-3-9(10)18-8-5-12(13,14)6-8/h2-4,8H,5-6H2,1H3,(H,15,16). The number of carboxylic acid groups (broad SMARTS) is 1. The molecule has 0 amide bonds. The lowest BCUT2D eigenvalue weighted by Gasteiger charge is -2.35. The molecule has 0 heterocycles. The first-order valence-electron chi connectivity index (χ1n) is 5.37. The second kappa shape index (κ2) is 4.44. The maximum atomic E-state index is 12.7. The summed E-state index contributed by atoms with van der Waals surface area (Å²) < 4.78 is 35.6. The van der Waals surface area contributed by atoms with Gasteiger partial charge in [0.1, 0.15) is 6.10 Å². The first-order chi connectivity index (χ1) is 8.41. The Morgan fingerprint density at radius 2 is 2.06 bits per heavy atom. The topological polar surface area (TPSA) is 55.8 Å². The fourth-order valence-electron chi connectivity index (χ4n) is 1.77. The highest BCUT2D eigenvalue weighted by atomic mass is 19.3. The molecular formula is C12H12F2O4. The van der Waals surface area contributed by atoms with Crippen molar-refractivity contribution in [2.24, 2.45) is 0 Å². The quantitative estimate of drug-likeness (QED) is 0.901. The molecule has 4 nitrogen and oxygen atoms in total. The Kier molecular flexibility index (Phi) is 3.11. The van der Waals surface area contributed by atoms with Gasteiger partial charge in [-0.2, -0.15) is 0 Å². The highest BCUT2D eigenvalue weighted by Gasteiger charge is 2.47. The first-order valence-corrected chi connectivity index (χ1v) is 5.37. The van der Waals surface area contributed by atoms with Crippen molar-refractivity contribution in [1.29, 1.82) is 0 Å². The number of halogens is 2. The van der Waals surface area contributed by atoms with Crippen molar-refractivity contribution in [2.75, 3.05) is 7.11 Å². The van der Waals surface area contributed by atoms with E-state index < -0.39 is 18.0 Å². The Bertz CT molecular complexity index is 465. The summed E-state index contributed by atoms with van der Waals surface area (Å²) in [5.74, 6) is -3.23. The number of aromatic carboxylic acids is 1. The van der Waals surface area contributed by atoms with E-state index in [-0.39, 0.29) is 29.9 Å². The third-order valence-corrected chi connectivity index (χ3v) is 2.76. The lowest BCUT2D eigenvalue weighted by molar-refractivity contribution is -0.134. The minimum atomic E-state index is -2.65. The molecular weight excluding hydrogens is 246 g/mol. The van der Waals surface area contributed by atoms with E-state index in [9.17, 15) is 13.6 Å². The Hall–Kier alpha value is -1.85. The van der Waals surface area contributed by atoms with E-state index in [1.807, 2.05) is 0 Å². The molecule has 1 aromatic rings. The molecule has 0 unspecified atom stereocenters. The van der Waals surface area contributed by atoms with E-state index >= 15 is 0 Å². The third kappa shape index (κ3) is 2.52. The maximum absolute atomic E-state index is 12.7. The first kappa shape index (κ1) is 12.6. The highest BCUT2D eigenvalue weighted by Crippen LogP contribution is 2.41. The lowest BCUT2D eigenvalue weighted by Crippen LogP contribution is -2.43. The van der Waals surface area contributed by atoms with Crippen molar-refractivity contribution in [3.63, 3.8) is 0 Å². The zero-order valence-electron chi connectivity index (χ0n) is 9.65. The van der Waals surface area contributed by atoms with Gasteiger partial charge in [0, 0.05) is 12.8 Å². The molecule has 98 valence electrons. The molecule has 1 saturated carbocycles. The fourth-order valence-corrected chi connectivity index (χ4v) is 1.77. The predicted molar refractivity (Wildman–Crippen MR) is 58.6 cm³/mol. The second-order valence-corrected chi connectivity index (χ2v) is 4.17. The van der Waals surface area contributed by atoms with Crippen LogP contribution in [0.1, 0.15) is 23.2 Å². The minimum absolute atomic E-state index is 0.0538. The van der Waals surface area contributed by atoms with Gasteiger partial charge >= 0.3 is 5.97 Å². The van der Waals surface area contributed by atoms with Gasteiger partial charge in [0.25, 0.3) is 5.92 Å². The van der Waals surface area contributed by atoms with Crippen LogP contribution in [-0.2, 0) is 0 Å². The summed E-state index contributed by atoms with van der Waals surface area (Å²) in [5, 5.41) is 8.81. The normalized spacial score (nSPS) is 17.9. The van der Waals surface area contributed by atoms with E-state index in [4.69, 9.17) is 14.6 Å². The van der Waals surface area contributed by atoms with Gasteiger partial charge in [-0.1, -0.05) is 0 Å². The summed E-state index contributed by atoms with van der Waals surface area (Å²) in [6, 6.07) is 4.06. The van der Waals surface area contributed by atoms with Crippen LogP contribution in [0.5, 0.6) is 11.5 Å². The molecule has 0 aliphatic heterocycles. The van der Waals surface area contributed by atoms with Crippen molar-refractivity contribution in [3.05, 3.63) is 23.8 Å². The molecule has 0 aromatic heterocycles. The molecule has 0 radical (unpaired) electrons.